The Hall–Kier alpha value is -2.00. The van der Waals surface area contributed by atoms with Gasteiger partial charge in [-0.1, -0.05) is 65.0 Å². The van der Waals surface area contributed by atoms with Crippen LogP contribution in [0.1, 0.15) is 59.4 Å². The Morgan fingerprint density at radius 3 is 2.00 bits per heavy atom. The fourth-order valence-electron chi connectivity index (χ4n) is 3.36. The molecule has 0 aliphatic rings. The van der Waals surface area contributed by atoms with E-state index >= 15 is 0 Å². The minimum absolute atomic E-state index is 0.238. The van der Waals surface area contributed by atoms with Crippen LogP contribution in [0.2, 0.25) is 0 Å². The van der Waals surface area contributed by atoms with E-state index in [0.29, 0.717) is 25.0 Å². The first kappa shape index (κ1) is 22.3. The summed E-state index contributed by atoms with van der Waals surface area (Å²) < 4.78 is 17.2. The average molecular weight is 385 g/mol. The lowest BCUT2D eigenvalue weighted by Gasteiger charge is -2.32. The van der Waals surface area contributed by atoms with Crippen molar-refractivity contribution >= 4 is 0 Å². The molecule has 2 unspecified atom stereocenters. The summed E-state index contributed by atoms with van der Waals surface area (Å²) in [4.78, 5) is 0. The summed E-state index contributed by atoms with van der Waals surface area (Å²) in [5.74, 6) is 2.89. The second-order valence-corrected chi connectivity index (χ2v) is 8.83. The van der Waals surface area contributed by atoms with Crippen molar-refractivity contribution in [1.82, 2.24) is 0 Å². The van der Waals surface area contributed by atoms with Crippen LogP contribution in [0, 0.1) is 11.3 Å². The summed E-state index contributed by atoms with van der Waals surface area (Å²) in [6, 6.07) is 18.2. The molecule has 0 radical (unpaired) electrons. The van der Waals surface area contributed by atoms with Gasteiger partial charge in [0, 0.05) is 0 Å². The Bertz CT molecular complexity index is 671. The molecule has 0 spiro atoms. The number of ether oxygens (including phenoxy) is 3. The summed E-state index contributed by atoms with van der Waals surface area (Å²) in [6.07, 6.45) is 0.865. The zero-order valence-electron chi connectivity index (χ0n) is 18.3. The van der Waals surface area contributed by atoms with Gasteiger partial charge in [0.15, 0.2) is 6.29 Å². The third-order valence-electron chi connectivity index (χ3n) is 4.78. The lowest BCUT2D eigenvalue weighted by atomic mass is 9.72. The predicted molar refractivity (Wildman–Crippen MR) is 116 cm³/mol. The van der Waals surface area contributed by atoms with Gasteiger partial charge in [-0.15, -0.1) is 0 Å². The second kappa shape index (κ2) is 10.5. The molecule has 0 aromatic heterocycles. The van der Waals surface area contributed by atoms with Crippen LogP contribution in [0.3, 0.4) is 0 Å². The molecule has 0 N–H and O–H groups in total. The first-order valence-corrected chi connectivity index (χ1v) is 10.3. The van der Waals surface area contributed by atoms with Gasteiger partial charge in [-0.2, -0.15) is 0 Å². The first-order valence-electron chi connectivity index (χ1n) is 10.3. The van der Waals surface area contributed by atoms with Gasteiger partial charge in [-0.25, -0.2) is 0 Å². The van der Waals surface area contributed by atoms with E-state index in [1.165, 1.54) is 12.0 Å². The van der Waals surface area contributed by atoms with E-state index in [1.54, 1.807) is 0 Å². The maximum absolute atomic E-state index is 5.89. The van der Waals surface area contributed by atoms with Gasteiger partial charge in [-0.3, -0.25) is 0 Å². The van der Waals surface area contributed by atoms with Crippen molar-refractivity contribution < 1.29 is 14.2 Å². The van der Waals surface area contributed by atoms with Gasteiger partial charge in [0.1, 0.15) is 18.1 Å². The number of hydrogen-bond acceptors (Lipinski definition) is 3. The van der Waals surface area contributed by atoms with E-state index in [1.807, 2.05) is 37.3 Å². The average Bonchev–Trinajstić information content (AvgIpc) is 2.64. The quantitative estimate of drug-likeness (QED) is 0.338. The molecule has 2 aromatic rings. The van der Waals surface area contributed by atoms with E-state index < -0.39 is 0 Å². The molecule has 2 atom stereocenters. The second-order valence-electron chi connectivity index (χ2n) is 8.83. The minimum Gasteiger partial charge on any atom is -0.491 e. The van der Waals surface area contributed by atoms with Crippen LogP contribution in [0.5, 0.6) is 11.5 Å². The predicted octanol–water partition coefficient (Wildman–Crippen LogP) is 6.68. The Kier molecular flexibility index (Phi) is 8.37. The molecule has 3 heteroatoms. The molecule has 0 heterocycles. The number of benzene rings is 2. The molecular weight excluding hydrogens is 348 g/mol. The molecule has 0 saturated heterocycles. The number of rotatable bonds is 10. The Balaban J connectivity index is 1.82. The standard InChI is InChI=1S/C25H36O3/c1-19(2)18-24(25(4,5)6)21-12-14-23(15-13-21)28-20(3)26-16-17-27-22-10-8-7-9-11-22/h7-15,19-20,24H,16-18H2,1-6H3. The van der Waals surface area contributed by atoms with Crippen LogP contribution in [-0.4, -0.2) is 19.5 Å². The number of hydrogen-bond donors (Lipinski definition) is 0. The van der Waals surface area contributed by atoms with Crippen LogP contribution in [0.25, 0.3) is 0 Å². The highest BCUT2D eigenvalue weighted by Gasteiger charge is 2.26. The van der Waals surface area contributed by atoms with Gasteiger partial charge in [0.05, 0.1) is 6.61 Å². The molecule has 0 aliphatic heterocycles. The third-order valence-corrected chi connectivity index (χ3v) is 4.78. The lowest BCUT2D eigenvalue weighted by molar-refractivity contribution is -0.0739. The van der Waals surface area contributed by atoms with Crippen molar-refractivity contribution in [1.29, 1.82) is 0 Å². The van der Waals surface area contributed by atoms with Crippen LogP contribution in [0.15, 0.2) is 54.6 Å². The zero-order valence-corrected chi connectivity index (χ0v) is 18.3. The summed E-state index contributed by atoms with van der Waals surface area (Å²) in [5.41, 5.74) is 1.61. The summed E-state index contributed by atoms with van der Waals surface area (Å²) >= 11 is 0. The molecule has 154 valence electrons. The minimum atomic E-state index is -0.320. The largest absolute Gasteiger partial charge is 0.491 e. The van der Waals surface area contributed by atoms with Crippen molar-refractivity contribution in [2.75, 3.05) is 13.2 Å². The highest BCUT2D eigenvalue weighted by molar-refractivity contribution is 5.30. The zero-order chi connectivity index (χ0) is 20.6. The summed E-state index contributed by atoms with van der Waals surface area (Å²) in [7, 11) is 0. The van der Waals surface area contributed by atoms with Crippen LogP contribution in [-0.2, 0) is 4.74 Å². The molecule has 0 fully saturated rings. The molecule has 2 rings (SSSR count). The highest BCUT2D eigenvalue weighted by atomic mass is 16.7. The summed E-state index contributed by atoms with van der Waals surface area (Å²) in [5, 5.41) is 0. The lowest BCUT2D eigenvalue weighted by Crippen LogP contribution is -2.21. The third kappa shape index (κ3) is 7.55. The van der Waals surface area contributed by atoms with Gasteiger partial charge in [0.25, 0.3) is 0 Å². The van der Waals surface area contributed by atoms with E-state index in [2.05, 4.69) is 58.9 Å². The van der Waals surface area contributed by atoms with Crippen LogP contribution in [0.4, 0.5) is 0 Å². The van der Waals surface area contributed by atoms with Crippen LogP contribution >= 0.6 is 0 Å². The topological polar surface area (TPSA) is 27.7 Å². The van der Waals surface area contributed by atoms with E-state index in [0.717, 1.165) is 11.5 Å². The summed E-state index contributed by atoms with van der Waals surface area (Å²) in [6.45, 7) is 14.4. The van der Waals surface area contributed by atoms with Gasteiger partial charge in [0.2, 0.25) is 0 Å². The Morgan fingerprint density at radius 1 is 0.786 bits per heavy atom. The van der Waals surface area contributed by atoms with Crippen molar-refractivity contribution in [2.24, 2.45) is 11.3 Å². The molecule has 0 saturated carbocycles. The molecule has 2 aromatic carbocycles. The number of para-hydroxylation sites is 1. The van der Waals surface area contributed by atoms with Gasteiger partial charge < -0.3 is 14.2 Å². The van der Waals surface area contributed by atoms with Crippen molar-refractivity contribution in [3.63, 3.8) is 0 Å². The molecule has 3 nitrogen and oxygen atoms in total. The van der Waals surface area contributed by atoms with E-state index in [9.17, 15) is 0 Å². The van der Waals surface area contributed by atoms with Crippen molar-refractivity contribution in [3.8, 4) is 11.5 Å². The van der Waals surface area contributed by atoms with Crippen molar-refractivity contribution in [3.05, 3.63) is 60.2 Å². The molecule has 28 heavy (non-hydrogen) atoms. The monoisotopic (exact) mass is 384 g/mol. The maximum atomic E-state index is 5.89. The van der Waals surface area contributed by atoms with Gasteiger partial charge >= 0.3 is 0 Å². The van der Waals surface area contributed by atoms with E-state index in [-0.39, 0.29) is 11.7 Å². The fourth-order valence-corrected chi connectivity index (χ4v) is 3.36. The smallest absolute Gasteiger partial charge is 0.197 e. The Labute approximate surface area is 171 Å². The first-order chi connectivity index (χ1) is 13.3. The molecule has 0 amide bonds. The van der Waals surface area contributed by atoms with E-state index in [4.69, 9.17) is 14.2 Å². The molecule has 0 bridgehead atoms. The molecule has 0 aliphatic carbocycles. The highest BCUT2D eigenvalue weighted by Crippen LogP contribution is 2.40. The Morgan fingerprint density at radius 2 is 1.43 bits per heavy atom. The fraction of sp³-hybridized carbons (Fsp3) is 0.520. The maximum Gasteiger partial charge on any atom is 0.197 e. The normalized spacial score (nSPS) is 14.0. The van der Waals surface area contributed by atoms with Crippen molar-refractivity contribution in [2.45, 2.75) is 60.2 Å². The molecular formula is C25H36O3. The van der Waals surface area contributed by atoms with Gasteiger partial charge in [-0.05, 0) is 60.4 Å². The SMILES string of the molecule is CC(C)CC(c1ccc(OC(C)OCCOc2ccccc2)cc1)C(C)(C)C. The van der Waals surface area contributed by atoms with Crippen LogP contribution < -0.4 is 9.47 Å².